The van der Waals surface area contributed by atoms with Crippen molar-refractivity contribution >= 4 is 11.5 Å². The fraction of sp³-hybridized carbons (Fsp3) is 0.321. The van der Waals surface area contributed by atoms with Crippen LogP contribution in [0.5, 0.6) is 0 Å². The molecule has 0 bridgehead atoms. The Bertz CT molecular complexity index is 1210. The van der Waals surface area contributed by atoms with E-state index < -0.39 is 0 Å². The lowest BCUT2D eigenvalue weighted by atomic mass is 9.72. The maximum absolute atomic E-state index is 7.94. The highest BCUT2D eigenvalue weighted by atomic mass is 15.0. The highest BCUT2D eigenvalue weighted by Gasteiger charge is 2.44. The molecule has 3 unspecified atom stereocenters. The lowest BCUT2D eigenvalue weighted by Crippen LogP contribution is -2.32. The normalized spacial score (nSPS) is 21.1. The molecular weight excluding hydrogens is 378 g/mol. The molecule has 4 N–H and O–H groups in total. The predicted octanol–water partition coefficient (Wildman–Crippen LogP) is 5.98. The average Bonchev–Trinajstić information content (AvgIpc) is 3.16. The Morgan fingerprint density at radius 2 is 1.52 bits per heavy atom. The van der Waals surface area contributed by atoms with Crippen molar-refractivity contribution in [1.82, 2.24) is 0 Å². The highest BCUT2D eigenvalue weighted by molar-refractivity contribution is 5.95. The molecule has 0 aromatic heterocycles. The number of rotatable bonds is 2. The zero-order chi connectivity index (χ0) is 22.0. The van der Waals surface area contributed by atoms with Gasteiger partial charge in [-0.05, 0) is 115 Å². The number of benzene rings is 3. The van der Waals surface area contributed by atoms with Gasteiger partial charge in [0.15, 0.2) is 0 Å². The molecule has 3 aromatic rings. The second-order valence-electron chi connectivity index (χ2n) is 9.42. The van der Waals surface area contributed by atoms with Gasteiger partial charge in [-0.3, -0.25) is 5.41 Å². The molecule has 3 aromatic carbocycles. The Morgan fingerprint density at radius 1 is 0.871 bits per heavy atom. The highest BCUT2D eigenvalue weighted by Crippen LogP contribution is 2.55. The van der Waals surface area contributed by atoms with Crippen LogP contribution in [0.2, 0.25) is 0 Å². The summed E-state index contributed by atoms with van der Waals surface area (Å²) < 4.78 is 0. The topological polar surface area (TPSA) is 61.9 Å². The number of hydrogen-bond donors (Lipinski definition) is 3. The smallest absolute Gasteiger partial charge is 0.122 e. The van der Waals surface area contributed by atoms with E-state index in [1.807, 2.05) is 6.07 Å². The van der Waals surface area contributed by atoms with Gasteiger partial charge in [-0.1, -0.05) is 24.3 Å². The van der Waals surface area contributed by atoms with E-state index in [4.69, 9.17) is 11.1 Å². The molecule has 3 heteroatoms. The van der Waals surface area contributed by atoms with Gasteiger partial charge in [0.05, 0.1) is 6.04 Å². The molecule has 31 heavy (non-hydrogen) atoms. The van der Waals surface area contributed by atoms with Crippen molar-refractivity contribution < 1.29 is 0 Å². The summed E-state index contributed by atoms with van der Waals surface area (Å²) in [6.45, 7) is 11.3. The number of fused-ring (bicyclic) bond motifs is 5. The van der Waals surface area contributed by atoms with Gasteiger partial charge in [-0.2, -0.15) is 0 Å². The van der Waals surface area contributed by atoms with Crippen molar-refractivity contribution in [3.8, 4) is 0 Å². The Labute approximate surface area is 185 Å². The maximum atomic E-state index is 7.94. The minimum absolute atomic E-state index is 0.129. The van der Waals surface area contributed by atoms with Gasteiger partial charge in [0.1, 0.15) is 5.84 Å². The summed E-state index contributed by atoms with van der Waals surface area (Å²) >= 11 is 0. The van der Waals surface area contributed by atoms with E-state index in [0.29, 0.717) is 11.8 Å². The first-order chi connectivity index (χ1) is 14.8. The third kappa shape index (κ3) is 2.83. The lowest BCUT2D eigenvalue weighted by molar-refractivity contribution is 0.418. The summed E-state index contributed by atoms with van der Waals surface area (Å²) in [7, 11) is 0. The van der Waals surface area contributed by atoms with Crippen LogP contribution in [-0.4, -0.2) is 5.84 Å². The van der Waals surface area contributed by atoms with Crippen LogP contribution >= 0.6 is 0 Å². The Kier molecular flexibility index (Phi) is 4.47. The summed E-state index contributed by atoms with van der Waals surface area (Å²) in [5.41, 5.74) is 20.5. The van der Waals surface area contributed by atoms with Crippen LogP contribution < -0.4 is 11.1 Å². The van der Waals surface area contributed by atoms with E-state index in [-0.39, 0.29) is 11.9 Å². The lowest BCUT2D eigenvalue weighted by Gasteiger charge is -2.40. The fourth-order valence-electron chi connectivity index (χ4n) is 6.01. The summed E-state index contributed by atoms with van der Waals surface area (Å²) in [5, 5.41) is 11.9. The van der Waals surface area contributed by atoms with Crippen molar-refractivity contribution in [1.29, 1.82) is 5.41 Å². The first-order valence-corrected chi connectivity index (χ1v) is 11.2. The number of hydrogen-bond acceptors (Lipinski definition) is 2. The van der Waals surface area contributed by atoms with E-state index in [1.165, 1.54) is 55.8 Å². The molecule has 3 atom stereocenters. The third-order valence-electron chi connectivity index (χ3n) is 8.08. The van der Waals surface area contributed by atoms with Crippen molar-refractivity contribution in [2.75, 3.05) is 5.32 Å². The number of nitrogens with one attached hydrogen (secondary N) is 2. The third-order valence-corrected chi connectivity index (χ3v) is 8.08. The summed E-state index contributed by atoms with van der Waals surface area (Å²) in [6, 6.07) is 15.4. The largest absolute Gasteiger partial charge is 0.384 e. The second kappa shape index (κ2) is 6.98. The standard InChI is InChI=1S/C28H31N3/c1-14-15(2)17(4)25(18(5)16(14)3)27-23-12-19-8-6-7-9-21(19)26(23)22-13-20(28(29)30)10-11-24(22)31-27/h6-11,13,23,26-27,31H,12H2,1-5H3,(H3,29,30). The Hall–Kier alpha value is -3.07. The molecule has 1 aliphatic heterocycles. The van der Waals surface area contributed by atoms with Crippen molar-refractivity contribution in [2.45, 2.75) is 53.0 Å². The van der Waals surface area contributed by atoms with Crippen LogP contribution in [0.25, 0.3) is 0 Å². The molecule has 0 saturated heterocycles. The monoisotopic (exact) mass is 409 g/mol. The van der Waals surface area contributed by atoms with Crippen LogP contribution in [0.15, 0.2) is 42.5 Å². The minimum atomic E-state index is 0.129. The molecule has 0 saturated carbocycles. The number of anilines is 1. The number of nitrogens with two attached hydrogens (primary N) is 1. The molecule has 0 spiro atoms. The van der Waals surface area contributed by atoms with Crippen molar-refractivity contribution in [2.24, 2.45) is 11.7 Å². The molecule has 1 aliphatic carbocycles. The molecule has 158 valence electrons. The molecule has 5 rings (SSSR count). The van der Waals surface area contributed by atoms with Crippen molar-refractivity contribution in [3.63, 3.8) is 0 Å². The molecule has 0 radical (unpaired) electrons. The van der Waals surface area contributed by atoms with Crippen LogP contribution in [0, 0.1) is 45.9 Å². The van der Waals surface area contributed by atoms with Gasteiger partial charge in [0.25, 0.3) is 0 Å². The van der Waals surface area contributed by atoms with Gasteiger partial charge in [-0.15, -0.1) is 0 Å². The summed E-state index contributed by atoms with van der Waals surface area (Å²) in [4.78, 5) is 0. The number of amidine groups is 1. The Balaban J connectivity index is 1.75. The first kappa shape index (κ1) is 19.9. The first-order valence-electron chi connectivity index (χ1n) is 11.2. The zero-order valence-corrected chi connectivity index (χ0v) is 19.1. The quantitative estimate of drug-likeness (QED) is 0.360. The van der Waals surface area contributed by atoms with E-state index in [0.717, 1.165) is 12.0 Å². The van der Waals surface area contributed by atoms with Gasteiger partial charge in [-0.25, -0.2) is 0 Å². The number of nitrogen functional groups attached to an aromatic ring is 1. The molecule has 0 amide bonds. The van der Waals surface area contributed by atoms with Crippen LogP contribution in [0.3, 0.4) is 0 Å². The summed E-state index contributed by atoms with van der Waals surface area (Å²) in [5.74, 6) is 0.882. The predicted molar refractivity (Wildman–Crippen MR) is 129 cm³/mol. The Morgan fingerprint density at radius 3 is 2.19 bits per heavy atom. The summed E-state index contributed by atoms with van der Waals surface area (Å²) in [6.07, 6.45) is 1.06. The molecule has 1 heterocycles. The van der Waals surface area contributed by atoms with Gasteiger partial charge >= 0.3 is 0 Å². The molecule has 0 fully saturated rings. The average molecular weight is 410 g/mol. The SMILES string of the molecule is Cc1c(C)c(C)c(C2Nc3ccc(C(=N)N)cc3C3c4ccccc4CC23)c(C)c1C. The zero-order valence-electron chi connectivity index (χ0n) is 19.1. The van der Waals surface area contributed by atoms with Crippen LogP contribution in [0.1, 0.15) is 67.6 Å². The van der Waals surface area contributed by atoms with Crippen LogP contribution in [0.4, 0.5) is 5.69 Å². The molecule has 2 aliphatic rings. The van der Waals surface area contributed by atoms with E-state index in [1.54, 1.807) is 0 Å². The molecular formula is C28H31N3. The van der Waals surface area contributed by atoms with Gasteiger partial charge < -0.3 is 11.1 Å². The maximum Gasteiger partial charge on any atom is 0.122 e. The van der Waals surface area contributed by atoms with Gasteiger partial charge in [0, 0.05) is 17.2 Å². The van der Waals surface area contributed by atoms with Crippen molar-refractivity contribution in [3.05, 3.63) is 98.1 Å². The molecule has 3 nitrogen and oxygen atoms in total. The minimum Gasteiger partial charge on any atom is -0.384 e. The second-order valence-corrected chi connectivity index (χ2v) is 9.42. The van der Waals surface area contributed by atoms with E-state index >= 15 is 0 Å². The van der Waals surface area contributed by atoms with E-state index in [9.17, 15) is 0 Å². The van der Waals surface area contributed by atoms with E-state index in [2.05, 4.69) is 76.3 Å². The van der Waals surface area contributed by atoms with Gasteiger partial charge in [0.2, 0.25) is 0 Å². The fourth-order valence-corrected chi connectivity index (χ4v) is 6.01. The van der Waals surface area contributed by atoms with Crippen LogP contribution in [-0.2, 0) is 6.42 Å².